The van der Waals surface area contributed by atoms with Crippen molar-refractivity contribution in [3.8, 4) is 0 Å². The summed E-state index contributed by atoms with van der Waals surface area (Å²) in [7, 11) is 0. The fourth-order valence-electron chi connectivity index (χ4n) is 3.91. The van der Waals surface area contributed by atoms with Crippen LogP contribution >= 0.6 is 0 Å². The van der Waals surface area contributed by atoms with E-state index in [4.69, 9.17) is 4.74 Å². The first-order chi connectivity index (χ1) is 8.90. The molecule has 1 aromatic carbocycles. The molecule has 1 aromatic rings. The quantitative estimate of drug-likeness (QED) is 0.621. The fourth-order valence-corrected chi connectivity index (χ4v) is 3.91. The molecule has 4 rings (SSSR count). The van der Waals surface area contributed by atoms with Crippen molar-refractivity contribution in [3.63, 3.8) is 0 Å². The molecular formula is C17H18O. The van der Waals surface area contributed by atoms with Crippen LogP contribution in [0.3, 0.4) is 0 Å². The molecule has 2 aliphatic carbocycles. The topological polar surface area (TPSA) is 9.23 Å². The van der Waals surface area contributed by atoms with Crippen LogP contribution in [0.15, 0.2) is 48.6 Å². The second-order valence-corrected chi connectivity index (χ2v) is 5.64. The summed E-state index contributed by atoms with van der Waals surface area (Å²) < 4.78 is 6.36. The lowest BCUT2D eigenvalue weighted by atomic mass is 9.64. The summed E-state index contributed by atoms with van der Waals surface area (Å²) in [6.45, 7) is 0.765. The van der Waals surface area contributed by atoms with Gasteiger partial charge in [-0.1, -0.05) is 48.6 Å². The lowest BCUT2D eigenvalue weighted by Gasteiger charge is -2.50. The highest BCUT2D eigenvalue weighted by Gasteiger charge is 2.49. The zero-order valence-corrected chi connectivity index (χ0v) is 10.5. The van der Waals surface area contributed by atoms with E-state index in [-0.39, 0.29) is 5.60 Å². The number of ether oxygens (including phenoxy) is 1. The van der Waals surface area contributed by atoms with Gasteiger partial charge in [0.1, 0.15) is 5.60 Å². The Morgan fingerprint density at radius 1 is 1.17 bits per heavy atom. The van der Waals surface area contributed by atoms with Crippen molar-refractivity contribution in [2.24, 2.45) is 5.92 Å². The van der Waals surface area contributed by atoms with Gasteiger partial charge >= 0.3 is 0 Å². The number of fused-ring (bicyclic) bond motifs is 2. The standard InChI is InChI=1S/C17H18O/c1-2-9-15-13(6-1)12-18-17-11-4-3-7-14(17)8-5-10-16(15)17/h1-2,4-6,8-9,11,14,16H,3,7,10,12H2/t14-,16+,17+/m1/s1. The molecule has 1 aliphatic heterocycles. The molecule has 0 radical (unpaired) electrons. The smallest absolute Gasteiger partial charge is 0.100 e. The van der Waals surface area contributed by atoms with Crippen molar-refractivity contribution in [1.82, 2.24) is 0 Å². The van der Waals surface area contributed by atoms with Gasteiger partial charge in [0.15, 0.2) is 0 Å². The summed E-state index contributed by atoms with van der Waals surface area (Å²) in [6.07, 6.45) is 12.9. The van der Waals surface area contributed by atoms with Gasteiger partial charge in [-0.05, 0) is 30.4 Å². The Balaban J connectivity index is 1.88. The molecule has 0 N–H and O–H groups in total. The Morgan fingerprint density at radius 3 is 3.11 bits per heavy atom. The van der Waals surface area contributed by atoms with Crippen LogP contribution in [0.1, 0.15) is 36.3 Å². The van der Waals surface area contributed by atoms with Crippen LogP contribution in [-0.2, 0) is 11.3 Å². The number of hydrogen-bond acceptors (Lipinski definition) is 1. The lowest BCUT2D eigenvalue weighted by Crippen LogP contribution is -2.49. The molecule has 3 atom stereocenters. The average molecular weight is 238 g/mol. The fraction of sp³-hybridized carbons (Fsp3) is 0.412. The molecule has 0 saturated carbocycles. The zero-order chi connectivity index (χ0) is 12.0. The van der Waals surface area contributed by atoms with E-state index in [1.807, 2.05) is 0 Å². The largest absolute Gasteiger partial charge is 0.365 e. The van der Waals surface area contributed by atoms with Crippen LogP contribution in [0.2, 0.25) is 0 Å². The highest BCUT2D eigenvalue weighted by Crippen LogP contribution is 2.51. The third-order valence-electron chi connectivity index (χ3n) is 4.80. The maximum atomic E-state index is 6.36. The average Bonchev–Trinajstić information content (AvgIpc) is 2.45. The molecule has 1 nitrogen and oxygen atoms in total. The first-order valence-electron chi connectivity index (χ1n) is 6.96. The third-order valence-corrected chi connectivity index (χ3v) is 4.80. The molecule has 3 aliphatic rings. The van der Waals surface area contributed by atoms with Gasteiger partial charge in [-0.15, -0.1) is 0 Å². The van der Waals surface area contributed by atoms with Crippen LogP contribution in [0.25, 0.3) is 0 Å². The number of hydrogen-bond donors (Lipinski definition) is 0. The maximum absolute atomic E-state index is 6.36. The van der Waals surface area contributed by atoms with Crippen LogP contribution in [0, 0.1) is 5.92 Å². The van der Waals surface area contributed by atoms with E-state index in [0.29, 0.717) is 11.8 Å². The van der Waals surface area contributed by atoms with Crippen molar-refractivity contribution in [2.45, 2.75) is 37.4 Å². The first-order valence-corrected chi connectivity index (χ1v) is 6.96. The third kappa shape index (κ3) is 1.31. The van der Waals surface area contributed by atoms with Crippen LogP contribution < -0.4 is 0 Å². The molecule has 1 spiro atoms. The minimum Gasteiger partial charge on any atom is -0.365 e. The van der Waals surface area contributed by atoms with E-state index in [9.17, 15) is 0 Å². The van der Waals surface area contributed by atoms with Gasteiger partial charge < -0.3 is 4.74 Å². The number of allylic oxidation sites excluding steroid dienone is 2. The molecule has 18 heavy (non-hydrogen) atoms. The molecule has 0 aromatic heterocycles. The predicted molar refractivity (Wildman–Crippen MR) is 72.3 cm³/mol. The van der Waals surface area contributed by atoms with E-state index in [1.165, 1.54) is 24.0 Å². The number of benzene rings is 1. The van der Waals surface area contributed by atoms with Crippen molar-refractivity contribution in [3.05, 3.63) is 59.7 Å². The van der Waals surface area contributed by atoms with Crippen molar-refractivity contribution >= 4 is 0 Å². The monoisotopic (exact) mass is 238 g/mol. The minimum atomic E-state index is -0.0542. The molecule has 0 bridgehead atoms. The highest BCUT2D eigenvalue weighted by molar-refractivity contribution is 5.40. The van der Waals surface area contributed by atoms with Gasteiger partial charge in [-0.25, -0.2) is 0 Å². The Labute approximate surface area is 108 Å². The maximum Gasteiger partial charge on any atom is 0.100 e. The summed E-state index contributed by atoms with van der Waals surface area (Å²) in [6, 6.07) is 8.79. The summed E-state index contributed by atoms with van der Waals surface area (Å²) in [4.78, 5) is 0. The summed E-state index contributed by atoms with van der Waals surface area (Å²) >= 11 is 0. The van der Waals surface area contributed by atoms with E-state index in [0.717, 1.165) is 13.0 Å². The summed E-state index contributed by atoms with van der Waals surface area (Å²) in [5, 5.41) is 0. The summed E-state index contributed by atoms with van der Waals surface area (Å²) in [5.41, 5.74) is 2.83. The molecule has 0 amide bonds. The van der Waals surface area contributed by atoms with E-state index < -0.39 is 0 Å². The zero-order valence-electron chi connectivity index (χ0n) is 10.5. The Bertz CT molecular complexity index is 528. The van der Waals surface area contributed by atoms with Crippen molar-refractivity contribution in [2.75, 3.05) is 0 Å². The van der Waals surface area contributed by atoms with Gasteiger partial charge in [0.2, 0.25) is 0 Å². The van der Waals surface area contributed by atoms with E-state index in [2.05, 4.69) is 48.6 Å². The van der Waals surface area contributed by atoms with E-state index >= 15 is 0 Å². The van der Waals surface area contributed by atoms with Gasteiger partial charge in [0.05, 0.1) is 6.61 Å². The van der Waals surface area contributed by atoms with E-state index in [1.54, 1.807) is 0 Å². The van der Waals surface area contributed by atoms with Crippen LogP contribution in [0.5, 0.6) is 0 Å². The van der Waals surface area contributed by atoms with Crippen molar-refractivity contribution in [1.29, 1.82) is 0 Å². The van der Waals surface area contributed by atoms with Crippen molar-refractivity contribution < 1.29 is 4.74 Å². The molecule has 0 fully saturated rings. The molecule has 0 saturated heterocycles. The number of rotatable bonds is 0. The Kier molecular flexibility index (Phi) is 2.25. The SMILES string of the molecule is C1=C[C@@]23OCc4ccccc4[C@@H]2CC=C[C@H]3CC1. The Hall–Kier alpha value is -1.34. The van der Waals surface area contributed by atoms with Gasteiger partial charge in [0.25, 0.3) is 0 Å². The molecule has 92 valence electrons. The van der Waals surface area contributed by atoms with Gasteiger partial charge in [-0.3, -0.25) is 0 Å². The first kappa shape index (κ1) is 10.6. The predicted octanol–water partition coefficient (Wildman–Crippen LogP) is 3.97. The van der Waals surface area contributed by atoms with Crippen LogP contribution in [0.4, 0.5) is 0 Å². The van der Waals surface area contributed by atoms with Gasteiger partial charge in [0, 0.05) is 11.8 Å². The molecule has 1 heteroatoms. The molecular weight excluding hydrogens is 220 g/mol. The summed E-state index contributed by atoms with van der Waals surface area (Å²) in [5.74, 6) is 1.07. The Morgan fingerprint density at radius 2 is 2.11 bits per heavy atom. The minimum absolute atomic E-state index is 0.0542. The van der Waals surface area contributed by atoms with Gasteiger partial charge in [-0.2, -0.15) is 0 Å². The second kappa shape index (κ2) is 3.83. The highest BCUT2D eigenvalue weighted by atomic mass is 16.5. The van der Waals surface area contributed by atoms with Crippen LogP contribution in [-0.4, -0.2) is 5.60 Å². The molecule has 1 heterocycles. The normalized spacial score (nSPS) is 36.7. The molecule has 0 unspecified atom stereocenters. The second-order valence-electron chi connectivity index (χ2n) is 5.64. The lowest BCUT2D eigenvalue weighted by molar-refractivity contribution is -0.0877.